The second-order valence-corrected chi connectivity index (χ2v) is 12.8. The van der Waals surface area contributed by atoms with E-state index < -0.39 is 41.8 Å². The second kappa shape index (κ2) is 12.7. The molecule has 0 bridgehead atoms. The summed E-state index contributed by atoms with van der Waals surface area (Å²) in [6, 6.07) is 0. The minimum absolute atomic E-state index is 0.0371. The third-order valence-corrected chi connectivity index (χ3v) is 9.73. The number of rotatable bonds is 10. The minimum atomic E-state index is -1.39. The maximum atomic E-state index is 13.2. The van der Waals surface area contributed by atoms with E-state index in [-0.39, 0.29) is 36.7 Å². The van der Waals surface area contributed by atoms with E-state index in [2.05, 4.69) is 19.6 Å². The molecule has 8 heteroatoms. The van der Waals surface area contributed by atoms with Crippen LogP contribution in [0.2, 0.25) is 0 Å². The molecular formula is C31H48O8. The number of fused-ring (bicyclic) bond motifs is 1. The Morgan fingerprint density at radius 1 is 1.23 bits per heavy atom. The molecule has 0 radical (unpaired) electrons. The summed E-state index contributed by atoms with van der Waals surface area (Å²) in [6.07, 6.45) is 7.16. The maximum absolute atomic E-state index is 13.2. The van der Waals surface area contributed by atoms with Crippen molar-refractivity contribution < 1.29 is 39.9 Å². The van der Waals surface area contributed by atoms with Crippen LogP contribution in [0.25, 0.3) is 0 Å². The number of ether oxygens (including phenoxy) is 1. The molecule has 3 fully saturated rings. The van der Waals surface area contributed by atoms with Crippen LogP contribution in [0, 0.1) is 29.1 Å². The summed E-state index contributed by atoms with van der Waals surface area (Å²) >= 11 is 0. The lowest BCUT2D eigenvalue weighted by atomic mass is 9.59. The van der Waals surface area contributed by atoms with Gasteiger partial charge in [0.25, 0.3) is 0 Å². The summed E-state index contributed by atoms with van der Waals surface area (Å²) < 4.78 is 5.35. The highest BCUT2D eigenvalue weighted by atomic mass is 16.5. The van der Waals surface area contributed by atoms with Crippen LogP contribution < -0.4 is 0 Å². The summed E-state index contributed by atoms with van der Waals surface area (Å²) in [5.41, 5.74) is 1.44. The number of hydrogen-bond donors (Lipinski definition) is 5. The van der Waals surface area contributed by atoms with Crippen LogP contribution in [0.3, 0.4) is 0 Å². The number of carboxylic acids is 1. The van der Waals surface area contributed by atoms with Gasteiger partial charge in [-0.15, -0.1) is 0 Å². The molecule has 0 saturated heterocycles. The molecule has 0 aromatic carbocycles. The first-order chi connectivity index (χ1) is 18.1. The van der Waals surface area contributed by atoms with E-state index in [9.17, 15) is 30.0 Å². The smallest absolute Gasteiger partial charge is 0.309 e. The van der Waals surface area contributed by atoms with Gasteiger partial charge in [-0.1, -0.05) is 38.2 Å². The predicted molar refractivity (Wildman–Crippen MR) is 148 cm³/mol. The summed E-state index contributed by atoms with van der Waals surface area (Å²) in [7, 11) is 0. The lowest BCUT2D eigenvalue weighted by molar-refractivity contribution is -0.156. The van der Waals surface area contributed by atoms with Crippen molar-refractivity contribution in [2.75, 3.05) is 6.61 Å². The SMILES string of the molecule is C=C1C(=CC=C2CCC[C@@]3(C)C2CC[C@@H]3[C@H](C)C(CC(O)C(C)(C)O)C(=O)OCCC(=O)O)C[C@@H](O)C[C@@H]1O. The quantitative estimate of drug-likeness (QED) is 0.258. The Morgan fingerprint density at radius 2 is 1.92 bits per heavy atom. The highest BCUT2D eigenvalue weighted by Gasteiger charge is 2.53. The summed E-state index contributed by atoms with van der Waals surface area (Å²) in [4.78, 5) is 24.1. The monoisotopic (exact) mass is 548 g/mol. The Bertz CT molecular complexity index is 976. The molecule has 3 aliphatic rings. The first-order valence-electron chi connectivity index (χ1n) is 14.4. The number of aliphatic hydroxyl groups is 4. The third kappa shape index (κ3) is 7.40. The molecule has 5 N–H and O–H groups in total. The number of carbonyl (C=O) groups excluding carboxylic acids is 1. The van der Waals surface area contributed by atoms with Crippen molar-refractivity contribution in [1.29, 1.82) is 0 Å². The molecule has 0 amide bonds. The molecule has 3 rings (SSSR count). The molecule has 3 saturated carbocycles. The van der Waals surface area contributed by atoms with E-state index in [4.69, 9.17) is 9.84 Å². The lowest BCUT2D eigenvalue weighted by Crippen LogP contribution is -2.44. The van der Waals surface area contributed by atoms with Gasteiger partial charge in [0.15, 0.2) is 0 Å². The van der Waals surface area contributed by atoms with Gasteiger partial charge in [-0.3, -0.25) is 9.59 Å². The molecule has 0 aliphatic heterocycles. The first kappa shape index (κ1) is 31.5. The summed E-state index contributed by atoms with van der Waals surface area (Å²) in [5, 5.41) is 50.3. The number of esters is 1. The van der Waals surface area contributed by atoms with Crippen LogP contribution in [0.4, 0.5) is 0 Å². The van der Waals surface area contributed by atoms with Crippen molar-refractivity contribution in [3.8, 4) is 0 Å². The summed E-state index contributed by atoms with van der Waals surface area (Å²) in [5.74, 6) is -1.89. The molecule has 39 heavy (non-hydrogen) atoms. The highest BCUT2D eigenvalue weighted by molar-refractivity contribution is 5.73. The fourth-order valence-corrected chi connectivity index (χ4v) is 7.29. The minimum Gasteiger partial charge on any atom is -0.481 e. The molecular weight excluding hydrogens is 500 g/mol. The Hall–Kier alpha value is -2.00. The number of carboxylic acid groups (broad SMARTS) is 1. The zero-order valence-corrected chi connectivity index (χ0v) is 23.9. The number of carbonyl (C=O) groups is 2. The van der Waals surface area contributed by atoms with Crippen LogP contribution in [0.5, 0.6) is 0 Å². The summed E-state index contributed by atoms with van der Waals surface area (Å²) in [6.45, 7) is 11.1. The number of aliphatic carboxylic acids is 1. The van der Waals surface area contributed by atoms with Crippen molar-refractivity contribution in [3.63, 3.8) is 0 Å². The van der Waals surface area contributed by atoms with E-state index in [0.717, 1.165) is 37.7 Å². The Balaban J connectivity index is 1.83. The fourth-order valence-electron chi connectivity index (χ4n) is 7.29. The molecule has 8 nitrogen and oxygen atoms in total. The van der Waals surface area contributed by atoms with Gasteiger partial charge in [0, 0.05) is 6.42 Å². The van der Waals surface area contributed by atoms with Gasteiger partial charge in [0.1, 0.15) is 6.61 Å². The highest BCUT2D eigenvalue weighted by Crippen LogP contribution is 2.60. The van der Waals surface area contributed by atoms with Gasteiger partial charge in [-0.2, -0.15) is 0 Å². The van der Waals surface area contributed by atoms with Crippen molar-refractivity contribution in [1.82, 2.24) is 0 Å². The standard InChI is InChI=1S/C31H48O8/c1-18-21(15-22(32)16-26(18)33)9-8-20-7-6-13-31(5)24(10-11-25(20)31)19(2)23(17-27(34)30(3,4)38)29(37)39-14-12-28(35)36/h8-9,19,22-27,32-34,38H,1,6-7,10-17H2,2-5H3,(H,35,36)/t19-,22-,23?,24-,25?,26+,27?,31-/m1/s1. The van der Waals surface area contributed by atoms with Crippen molar-refractivity contribution >= 4 is 11.9 Å². The average Bonchev–Trinajstić information content (AvgIpc) is 3.19. The van der Waals surface area contributed by atoms with Gasteiger partial charge in [-0.05, 0) is 93.1 Å². The van der Waals surface area contributed by atoms with Gasteiger partial charge in [0.05, 0.1) is 36.3 Å². The average molecular weight is 549 g/mol. The number of aliphatic hydroxyl groups excluding tert-OH is 3. The molecule has 0 spiro atoms. The topological polar surface area (TPSA) is 145 Å². The van der Waals surface area contributed by atoms with Crippen LogP contribution in [-0.4, -0.2) is 68.0 Å². The van der Waals surface area contributed by atoms with E-state index in [1.165, 1.54) is 19.4 Å². The Labute approximate surface area is 232 Å². The van der Waals surface area contributed by atoms with Crippen molar-refractivity contribution in [2.45, 2.75) is 109 Å². The largest absolute Gasteiger partial charge is 0.481 e. The Morgan fingerprint density at radius 3 is 2.56 bits per heavy atom. The van der Waals surface area contributed by atoms with Crippen molar-refractivity contribution in [2.24, 2.45) is 29.1 Å². The van der Waals surface area contributed by atoms with Crippen molar-refractivity contribution in [3.05, 3.63) is 35.5 Å². The van der Waals surface area contributed by atoms with Crippen LogP contribution in [0.15, 0.2) is 35.5 Å². The van der Waals surface area contributed by atoms with Gasteiger partial charge < -0.3 is 30.3 Å². The molecule has 220 valence electrons. The fraction of sp³-hybridized carbons (Fsp3) is 0.742. The van der Waals surface area contributed by atoms with E-state index in [0.29, 0.717) is 24.3 Å². The Kier molecular flexibility index (Phi) is 10.2. The van der Waals surface area contributed by atoms with Gasteiger partial charge in [-0.25, -0.2) is 0 Å². The zero-order chi connectivity index (χ0) is 29.1. The number of allylic oxidation sites excluding steroid dienone is 3. The molecule has 3 unspecified atom stereocenters. The molecule has 0 aromatic rings. The van der Waals surface area contributed by atoms with Crippen LogP contribution in [0.1, 0.15) is 85.5 Å². The zero-order valence-electron chi connectivity index (χ0n) is 23.9. The molecule has 3 aliphatic carbocycles. The van der Waals surface area contributed by atoms with Gasteiger partial charge >= 0.3 is 11.9 Å². The molecule has 8 atom stereocenters. The molecule has 0 aromatic heterocycles. The second-order valence-electron chi connectivity index (χ2n) is 12.8. The number of hydrogen-bond acceptors (Lipinski definition) is 7. The van der Waals surface area contributed by atoms with E-state index >= 15 is 0 Å². The predicted octanol–water partition coefficient (Wildman–Crippen LogP) is 3.92. The van der Waals surface area contributed by atoms with Crippen LogP contribution >= 0.6 is 0 Å². The first-order valence-corrected chi connectivity index (χ1v) is 14.4. The van der Waals surface area contributed by atoms with Crippen LogP contribution in [-0.2, 0) is 14.3 Å². The maximum Gasteiger partial charge on any atom is 0.309 e. The lowest BCUT2D eigenvalue weighted by Gasteiger charge is -2.46. The van der Waals surface area contributed by atoms with E-state index in [1.807, 2.05) is 13.0 Å². The van der Waals surface area contributed by atoms with Gasteiger partial charge in [0.2, 0.25) is 0 Å². The third-order valence-electron chi connectivity index (χ3n) is 9.73. The molecule has 0 heterocycles. The van der Waals surface area contributed by atoms with E-state index in [1.54, 1.807) is 0 Å². The normalized spacial score (nSPS) is 34.0.